The number of carbonyl (C=O) groups is 2. The third kappa shape index (κ3) is 7.01. The topological polar surface area (TPSA) is 96.0 Å². The Bertz CT molecular complexity index is 731. The molecule has 0 bridgehead atoms. The first-order chi connectivity index (χ1) is 12.5. The quantitative estimate of drug-likeness (QED) is 0.595. The first-order valence-electron chi connectivity index (χ1n) is 8.36. The van der Waals surface area contributed by atoms with E-state index in [1.54, 1.807) is 0 Å². The molecule has 1 heterocycles. The Morgan fingerprint density at radius 2 is 1.92 bits per heavy atom. The highest BCUT2D eigenvalue weighted by Crippen LogP contribution is 2.27. The van der Waals surface area contributed by atoms with Gasteiger partial charge >= 0.3 is 6.03 Å². The second kappa shape index (κ2) is 10.1. The molecule has 9 heteroatoms. The van der Waals surface area contributed by atoms with Crippen LogP contribution in [-0.2, 0) is 11.2 Å². The number of carbonyl (C=O) groups excluding carboxylic acids is 2. The smallest absolute Gasteiger partial charge is 0.321 e. The van der Waals surface area contributed by atoms with Crippen LogP contribution in [-0.4, -0.2) is 34.4 Å². The molecule has 3 amide bonds. The summed E-state index contributed by atoms with van der Waals surface area (Å²) < 4.78 is 0.662. The Labute approximate surface area is 161 Å². The number of urea groups is 1. The molecule has 0 atom stereocenters. The summed E-state index contributed by atoms with van der Waals surface area (Å²) in [5.74, 6) is 0.0707. The summed E-state index contributed by atoms with van der Waals surface area (Å²) >= 11 is 2.61. The minimum absolute atomic E-state index is 0.106. The number of nitrogens with zero attached hydrogens (tertiary/aromatic N) is 2. The number of nitrogens with one attached hydrogen (secondary N) is 3. The zero-order chi connectivity index (χ0) is 18.9. The zero-order valence-corrected chi connectivity index (χ0v) is 16.7. The standard InChI is InChI=1S/C17H23N5O2S2/c1-4-12-5-7-13(8-6-12)19-16-21-22-17(26-16)25-10-14(23)20-15(24)18-9-11(2)3/h5-8,11H,4,9-10H2,1-3H3,(H,19,21)(H2,18,20,23,24). The van der Waals surface area contributed by atoms with Crippen molar-refractivity contribution in [2.45, 2.75) is 31.5 Å². The molecule has 0 aliphatic carbocycles. The third-order valence-electron chi connectivity index (χ3n) is 3.27. The molecule has 0 radical (unpaired) electrons. The second-order valence-corrected chi connectivity index (χ2v) is 8.19. The highest BCUT2D eigenvalue weighted by atomic mass is 32.2. The number of rotatable bonds is 8. The number of thioether (sulfide) groups is 1. The van der Waals surface area contributed by atoms with E-state index < -0.39 is 6.03 Å². The van der Waals surface area contributed by atoms with E-state index in [9.17, 15) is 9.59 Å². The lowest BCUT2D eigenvalue weighted by atomic mass is 10.1. The molecular formula is C17H23N5O2S2. The van der Waals surface area contributed by atoms with Crippen LogP contribution in [0.25, 0.3) is 0 Å². The molecule has 0 saturated carbocycles. The largest absolute Gasteiger partial charge is 0.338 e. The van der Waals surface area contributed by atoms with Crippen molar-refractivity contribution in [3.8, 4) is 0 Å². The Morgan fingerprint density at radius 3 is 2.58 bits per heavy atom. The van der Waals surface area contributed by atoms with Gasteiger partial charge < -0.3 is 10.6 Å². The molecule has 0 aliphatic rings. The number of amides is 3. The Balaban J connectivity index is 1.76. The van der Waals surface area contributed by atoms with Crippen LogP contribution in [0.3, 0.4) is 0 Å². The van der Waals surface area contributed by atoms with Crippen LogP contribution < -0.4 is 16.0 Å². The fourth-order valence-corrected chi connectivity index (χ4v) is 3.47. The minimum atomic E-state index is -0.473. The van der Waals surface area contributed by atoms with Crippen molar-refractivity contribution in [2.24, 2.45) is 5.92 Å². The molecule has 3 N–H and O–H groups in total. The lowest BCUT2D eigenvalue weighted by Crippen LogP contribution is -2.41. The van der Waals surface area contributed by atoms with E-state index in [0.717, 1.165) is 12.1 Å². The molecule has 2 aromatic rings. The van der Waals surface area contributed by atoms with Crippen molar-refractivity contribution >= 4 is 45.9 Å². The first kappa shape index (κ1) is 20.2. The van der Waals surface area contributed by atoms with Gasteiger partial charge in [-0.2, -0.15) is 0 Å². The number of benzene rings is 1. The average Bonchev–Trinajstić information content (AvgIpc) is 3.06. The average molecular weight is 394 g/mol. The maximum Gasteiger partial charge on any atom is 0.321 e. The molecule has 0 fully saturated rings. The SMILES string of the molecule is CCc1ccc(Nc2nnc(SCC(=O)NC(=O)NCC(C)C)s2)cc1. The highest BCUT2D eigenvalue weighted by Gasteiger charge is 2.11. The fourth-order valence-electron chi connectivity index (χ4n) is 1.90. The molecule has 0 saturated heterocycles. The van der Waals surface area contributed by atoms with Crippen molar-refractivity contribution in [3.05, 3.63) is 29.8 Å². The monoisotopic (exact) mass is 393 g/mol. The van der Waals surface area contributed by atoms with Crippen LogP contribution in [0.15, 0.2) is 28.6 Å². The zero-order valence-electron chi connectivity index (χ0n) is 15.0. The highest BCUT2D eigenvalue weighted by molar-refractivity contribution is 8.01. The van der Waals surface area contributed by atoms with Gasteiger partial charge in [-0.25, -0.2) is 4.79 Å². The van der Waals surface area contributed by atoms with Crippen molar-refractivity contribution in [1.29, 1.82) is 0 Å². The second-order valence-electron chi connectivity index (χ2n) is 5.99. The van der Waals surface area contributed by atoms with Crippen molar-refractivity contribution < 1.29 is 9.59 Å². The van der Waals surface area contributed by atoms with Gasteiger partial charge in [0.1, 0.15) is 0 Å². The summed E-state index contributed by atoms with van der Waals surface area (Å²) in [7, 11) is 0. The molecular weight excluding hydrogens is 370 g/mol. The van der Waals surface area contributed by atoms with Gasteiger partial charge in [-0.1, -0.05) is 56.0 Å². The van der Waals surface area contributed by atoms with Crippen molar-refractivity contribution in [2.75, 3.05) is 17.6 Å². The van der Waals surface area contributed by atoms with E-state index in [2.05, 4.69) is 45.2 Å². The van der Waals surface area contributed by atoms with Gasteiger partial charge in [0.25, 0.3) is 0 Å². The van der Waals surface area contributed by atoms with E-state index >= 15 is 0 Å². The molecule has 0 spiro atoms. The van der Waals surface area contributed by atoms with Gasteiger partial charge in [0.05, 0.1) is 5.75 Å². The van der Waals surface area contributed by atoms with E-state index in [4.69, 9.17) is 0 Å². The molecule has 140 valence electrons. The minimum Gasteiger partial charge on any atom is -0.338 e. The normalized spacial score (nSPS) is 10.6. The third-order valence-corrected chi connectivity index (χ3v) is 5.24. The van der Waals surface area contributed by atoms with Crippen LogP contribution in [0, 0.1) is 5.92 Å². The van der Waals surface area contributed by atoms with Crippen molar-refractivity contribution in [3.63, 3.8) is 0 Å². The van der Waals surface area contributed by atoms with E-state index in [-0.39, 0.29) is 11.7 Å². The van der Waals surface area contributed by atoms with Gasteiger partial charge in [-0.15, -0.1) is 10.2 Å². The summed E-state index contributed by atoms with van der Waals surface area (Å²) in [4.78, 5) is 23.3. The molecule has 1 aromatic heterocycles. The summed E-state index contributed by atoms with van der Waals surface area (Å²) in [5.41, 5.74) is 2.21. The van der Waals surface area contributed by atoms with Gasteiger partial charge in [0, 0.05) is 12.2 Å². The number of hydrogen-bond acceptors (Lipinski definition) is 7. The van der Waals surface area contributed by atoms with Crippen molar-refractivity contribution in [1.82, 2.24) is 20.8 Å². The Morgan fingerprint density at radius 1 is 1.19 bits per heavy atom. The van der Waals surface area contributed by atoms with Crippen LogP contribution in [0.4, 0.5) is 15.6 Å². The molecule has 26 heavy (non-hydrogen) atoms. The summed E-state index contributed by atoms with van der Waals surface area (Å²) in [6.07, 6.45) is 0.997. The van der Waals surface area contributed by atoms with E-state index in [0.29, 0.717) is 21.9 Å². The van der Waals surface area contributed by atoms with Crippen LogP contribution in [0.2, 0.25) is 0 Å². The van der Waals surface area contributed by atoms with Gasteiger partial charge in [0.2, 0.25) is 11.0 Å². The van der Waals surface area contributed by atoms with Gasteiger partial charge in [0.15, 0.2) is 4.34 Å². The number of aromatic nitrogens is 2. The molecule has 0 unspecified atom stereocenters. The summed E-state index contributed by atoms with van der Waals surface area (Å²) in [6, 6.07) is 7.65. The molecule has 1 aromatic carbocycles. The molecule has 0 aliphatic heterocycles. The van der Waals surface area contributed by atoms with E-state index in [1.807, 2.05) is 26.0 Å². The van der Waals surface area contributed by atoms with Gasteiger partial charge in [-0.05, 0) is 30.0 Å². The first-order valence-corrected chi connectivity index (χ1v) is 10.2. The predicted octanol–water partition coefficient (Wildman–Crippen LogP) is 3.42. The number of aryl methyl sites for hydroxylation is 1. The number of anilines is 2. The van der Waals surface area contributed by atoms with Crippen LogP contribution in [0.1, 0.15) is 26.3 Å². The van der Waals surface area contributed by atoms with Gasteiger partial charge in [-0.3, -0.25) is 10.1 Å². The number of hydrogen-bond donors (Lipinski definition) is 3. The fraction of sp³-hybridized carbons (Fsp3) is 0.412. The lowest BCUT2D eigenvalue weighted by molar-refractivity contribution is -0.117. The molecule has 2 rings (SSSR count). The summed E-state index contributed by atoms with van der Waals surface area (Å²) in [5, 5.41) is 16.9. The molecule has 7 nitrogen and oxygen atoms in total. The maximum absolute atomic E-state index is 11.8. The predicted molar refractivity (Wildman–Crippen MR) is 106 cm³/mol. The van der Waals surface area contributed by atoms with E-state index in [1.165, 1.54) is 28.7 Å². The lowest BCUT2D eigenvalue weighted by Gasteiger charge is -2.07. The number of imide groups is 1. The Hall–Kier alpha value is -2.13. The summed E-state index contributed by atoms with van der Waals surface area (Å²) in [6.45, 7) is 6.60. The van der Waals surface area contributed by atoms with Crippen LogP contribution in [0.5, 0.6) is 0 Å². The van der Waals surface area contributed by atoms with Crippen LogP contribution >= 0.6 is 23.1 Å². The Kier molecular flexibility index (Phi) is 7.86. The maximum atomic E-state index is 11.8.